The molecule has 2 aromatic heterocycles. The molecule has 0 radical (unpaired) electrons. The molecule has 4 rings (SSSR count). The van der Waals surface area contributed by atoms with E-state index in [0.717, 1.165) is 20.5 Å². The Morgan fingerprint density at radius 3 is 2.71 bits per heavy atom. The summed E-state index contributed by atoms with van der Waals surface area (Å²) >= 11 is 1.51. The molecule has 4 aromatic rings. The third-order valence-electron chi connectivity index (χ3n) is 4.37. The smallest absolute Gasteiger partial charge is 0.321 e. The van der Waals surface area contributed by atoms with Crippen molar-refractivity contribution in [1.29, 1.82) is 0 Å². The fourth-order valence-corrected chi connectivity index (χ4v) is 4.21. The Morgan fingerprint density at radius 2 is 1.96 bits per heavy atom. The van der Waals surface area contributed by atoms with Crippen molar-refractivity contribution in [2.45, 2.75) is 13.3 Å². The first-order chi connectivity index (χ1) is 13.5. The van der Waals surface area contributed by atoms with Crippen LogP contribution in [0.2, 0.25) is 0 Å². The molecule has 0 aliphatic heterocycles. The highest BCUT2D eigenvalue weighted by Gasteiger charge is 2.19. The highest BCUT2D eigenvalue weighted by Crippen LogP contribution is 2.36. The number of ether oxygens (including phenoxy) is 1. The minimum Gasteiger partial charge on any atom is -0.424 e. The van der Waals surface area contributed by atoms with Crippen LogP contribution in [0.3, 0.4) is 0 Å². The number of nitrogens with zero attached hydrogens (tertiary/aromatic N) is 3. The van der Waals surface area contributed by atoms with Gasteiger partial charge < -0.3 is 4.74 Å². The van der Waals surface area contributed by atoms with Crippen LogP contribution in [0.1, 0.15) is 16.0 Å². The molecule has 0 N–H and O–H groups in total. The molecular weight excluding hydrogens is 381 g/mol. The molecule has 2 heterocycles. The molecule has 0 spiro atoms. The summed E-state index contributed by atoms with van der Waals surface area (Å²) in [7, 11) is 0. The minimum absolute atomic E-state index is 0.258. The molecule has 6 nitrogen and oxygen atoms in total. The molecule has 140 valence electrons. The van der Waals surface area contributed by atoms with Crippen LogP contribution in [0.5, 0.6) is 11.8 Å². The van der Waals surface area contributed by atoms with Gasteiger partial charge in [-0.05, 0) is 42.1 Å². The number of hydrogen-bond acceptors (Lipinski definition) is 6. The first-order valence-electron chi connectivity index (χ1n) is 8.41. The van der Waals surface area contributed by atoms with Crippen molar-refractivity contribution in [2.75, 3.05) is 0 Å². The van der Waals surface area contributed by atoms with Crippen LogP contribution in [-0.4, -0.2) is 14.9 Å². The van der Waals surface area contributed by atoms with Gasteiger partial charge in [-0.2, -0.15) is 4.39 Å². The van der Waals surface area contributed by atoms with Gasteiger partial charge in [0.1, 0.15) is 5.75 Å². The molecule has 0 atom stereocenters. The summed E-state index contributed by atoms with van der Waals surface area (Å²) in [4.78, 5) is 19.3. The van der Waals surface area contributed by atoms with E-state index in [1.54, 1.807) is 24.5 Å². The van der Waals surface area contributed by atoms with Crippen molar-refractivity contribution < 1.29 is 14.1 Å². The van der Waals surface area contributed by atoms with E-state index in [9.17, 15) is 14.5 Å². The Kier molecular flexibility index (Phi) is 4.70. The summed E-state index contributed by atoms with van der Waals surface area (Å²) < 4.78 is 21.1. The van der Waals surface area contributed by atoms with Gasteiger partial charge in [-0.3, -0.25) is 10.1 Å². The van der Waals surface area contributed by atoms with Gasteiger partial charge in [0, 0.05) is 40.0 Å². The average Bonchev–Trinajstić information content (AvgIpc) is 2.99. The normalized spacial score (nSPS) is 10.9. The van der Waals surface area contributed by atoms with Gasteiger partial charge in [0.25, 0.3) is 0 Å². The van der Waals surface area contributed by atoms with Crippen LogP contribution in [0.4, 0.5) is 10.1 Å². The number of benzene rings is 2. The highest BCUT2D eigenvalue weighted by molar-refractivity contribution is 7.19. The molecular formula is C20H14FN3O3S. The SMILES string of the molecule is Cc1c(Cc2cccc([N+](=O)[O-])c2F)sc2cc(Oc3ncccn3)ccc12. The monoisotopic (exact) mass is 395 g/mol. The molecule has 0 bridgehead atoms. The van der Waals surface area contributed by atoms with Crippen LogP contribution in [-0.2, 0) is 6.42 Å². The summed E-state index contributed by atoms with van der Waals surface area (Å²) in [5.41, 5.74) is 0.821. The summed E-state index contributed by atoms with van der Waals surface area (Å²) in [5, 5.41) is 12.0. The Hall–Kier alpha value is -3.39. The average molecular weight is 395 g/mol. The van der Waals surface area contributed by atoms with E-state index in [4.69, 9.17) is 4.74 Å². The zero-order valence-corrected chi connectivity index (χ0v) is 15.6. The van der Waals surface area contributed by atoms with E-state index in [-0.39, 0.29) is 12.4 Å². The summed E-state index contributed by atoms with van der Waals surface area (Å²) in [5.74, 6) is -0.178. The molecule has 0 fully saturated rings. The van der Waals surface area contributed by atoms with Gasteiger partial charge in [0.05, 0.1) is 4.92 Å². The lowest BCUT2D eigenvalue weighted by molar-refractivity contribution is -0.387. The van der Waals surface area contributed by atoms with E-state index in [2.05, 4.69) is 9.97 Å². The molecule has 2 aromatic carbocycles. The second-order valence-electron chi connectivity index (χ2n) is 6.13. The minimum atomic E-state index is -0.783. The maximum Gasteiger partial charge on any atom is 0.321 e. The predicted octanol–water partition coefficient (Wildman–Crippen LogP) is 5.43. The molecule has 28 heavy (non-hydrogen) atoms. The van der Waals surface area contributed by atoms with Crippen molar-refractivity contribution in [3.8, 4) is 11.8 Å². The number of aromatic nitrogens is 2. The predicted molar refractivity (Wildman–Crippen MR) is 105 cm³/mol. The third kappa shape index (κ3) is 3.41. The van der Waals surface area contributed by atoms with E-state index < -0.39 is 16.4 Å². The number of aryl methyl sites for hydroxylation is 1. The Balaban J connectivity index is 1.66. The largest absolute Gasteiger partial charge is 0.424 e. The lowest BCUT2D eigenvalue weighted by Crippen LogP contribution is -1.98. The Morgan fingerprint density at radius 1 is 1.18 bits per heavy atom. The number of thiophene rings is 1. The molecule has 0 saturated heterocycles. The van der Waals surface area contributed by atoms with Gasteiger partial charge in [-0.15, -0.1) is 11.3 Å². The lowest BCUT2D eigenvalue weighted by Gasteiger charge is -2.03. The van der Waals surface area contributed by atoms with E-state index in [1.807, 2.05) is 25.1 Å². The van der Waals surface area contributed by atoms with E-state index >= 15 is 0 Å². The molecule has 0 aliphatic carbocycles. The van der Waals surface area contributed by atoms with Crippen LogP contribution in [0, 0.1) is 22.9 Å². The summed E-state index contributed by atoms with van der Waals surface area (Å²) in [6.07, 6.45) is 3.49. The molecule has 0 unspecified atom stereocenters. The first kappa shape index (κ1) is 18.0. The van der Waals surface area contributed by atoms with Crippen molar-refractivity contribution in [1.82, 2.24) is 9.97 Å². The standard InChI is InChI=1S/C20H14FN3O3S/c1-12-15-7-6-14(27-20-22-8-3-9-23-20)11-18(15)28-17(12)10-13-4-2-5-16(19(13)21)24(25)26/h2-9,11H,10H2,1H3. The molecule has 0 amide bonds. The van der Waals surface area contributed by atoms with Crippen molar-refractivity contribution in [2.24, 2.45) is 0 Å². The Labute approximate surface area is 163 Å². The highest BCUT2D eigenvalue weighted by atomic mass is 32.1. The second kappa shape index (κ2) is 7.32. The summed E-state index contributed by atoms with van der Waals surface area (Å²) in [6, 6.07) is 11.9. The number of rotatable bonds is 5. The van der Waals surface area contributed by atoms with Crippen LogP contribution in [0.25, 0.3) is 10.1 Å². The van der Waals surface area contributed by atoms with Crippen LogP contribution in [0.15, 0.2) is 54.9 Å². The molecule has 0 saturated carbocycles. The van der Waals surface area contributed by atoms with Crippen LogP contribution >= 0.6 is 11.3 Å². The van der Waals surface area contributed by atoms with Gasteiger partial charge in [0.15, 0.2) is 0 Å². The first-order valence-corrected chi connectivity index (χ1v) is 9.23. The fourth-order valence-electron chi connectivity index (χ4n) is 2.95. The number of halogens is 1. The zero-order valence-electron chi connectivity index (χ0n) is 14.8. The van der Waals surface area contributed by atoms with Gasteiger partial charge in [-0.25, -0.2) is 9.97 Å². The fraction of sp³-hybridized carbons (Fsp3) is 0.100. The van der Waals surface area contributed by atoms with Gasteiger partial charge >= 0.3 is 11.7 Å². The number of fused-ring (bicyclic) bond motifs is 1. The van der Waals surface area contributed by atoms with Crippen molar-refractivity contribution >= 4 is 27.1 Å². The van der Waals surface area contributed by atoms with E-state index in [0.29, 0.717) is 11.3 Å². The van der Waals surface area contributed by atoms with Gasteiger partial charge in [-0.1, -0.05) is 12.1 Å². The number of nitro groups is 1. The van der Waals surface area contributed by atoms with Crippen LogP contribution < -0.4 is 4.74 Å². The van der Waals surface area contributed by atoms with Gasteiger partial charge in [0.2, 0.25) is 5.82 Å². The zero-order chi connectivity index (χ0) is 19.7. The summed E-state index contributed by atoms with van der Waals surface area (Å²) in [6.45, 7) is 1.96. The third-order valence-corrected chi connectivity index (χ3v) is 5.62. The number of nitro benzene ring substituents is 1. The van der Waals surface area contributed by atoms with Crippen molar-refractivity contribution in [3.63, 3.8) is 0 Å². The second-order valence-corrected chi connectivity index (χ2v) is 7.26. The molecule has 8 heteroatoms. The Bertz CT molecular complexity index is 1180. The maximum atomic E-state index is 14.4. The maximum absolute atomic E-state index is 14.4. The lowest BCUT2D eigenvalue weighted by atomic mass is 10.1. The molecule has 0 aliphatic rings. The van der Waals surface area contributed by atoms with Crippen molar-refractivity contribution in [3.05, 3.63) is 86.8 Å². The quantitative estimate of drug-likeness (QED) is 0.333. The topological polar surface area (TPSA) is 78.2 Å². The number of hydrogen-bond donors (Lipinski definition) is 0. The van der Waals surface area contributed by atoms with E-state index in [1.165, 1.54) is 23.5 Å².